The quantitative estimate of drug-likeness (QED) is 0.571. The van der Waals surface area contributed by atoms with E-state index in [-0.39, 0.29) is 35.8 Å². The highest BCUT2D eigenvalue weighted by atomic mass is 19.4. The predicted octanol–water partition coefficient (Wildman–Crippen LogP) is 4.81. The second-order valence-electron chi connectivity index (χ2n) is 9.20. The second-order valence-corrected chi connectivity index (χ2v) is 9.20. The van der Waals surface area contributed by atoms with E-state index in [1.165, 1.54) is 0 Å². The normalized spacial score (nSPS) is 21.3. The van der Waals surface area contributed by atoms with Gasteiger partial charge in [-0.25, -0.2) is 0 Å². The number of nitrogens with zero attached hydrogens (tertiary/aromatic N) is 2. The highest BCUT2D eigenvalue weighted by molar-refractivity contribution is 5.81. The van der Waals surface area contributed by atoms with Gasteiger partial charge in [0, 0.05) is 32.5 Å². The van der Waals surface area contributed by atoms with Gasteiger partial charge in [0.05, 0.1) is 17.0 Å². The average molecular weight is 478 g/mol. The molecule has 2 heterocycles. The van der Waals surface area contributed by atoms with Crippen LogP contribution in [-0.2, 0) is 28.4 Å². The van der Waals surface area contributed by atoms with Crippen molar-refractivity contribution in [3.8, 4) is 0 Å². The van der Waals surface area contributed by atoms with E-state index < -0.39 is 35.7 Å². The molecule has 4 nitrogen and oxygen atoms in total. The Labute approximate surface area is 188 Å². The van der Waals surface area contributed by atoms with Gasteiger partial charge in [0.15, 0.2) is 0 Å². The fraction of sp³-hybridized carbons (Fsp3) is 0.652. The molecule has 0 spiro atoms. The lowest BCUT2D eigenvalue weighted by Gasteiger charge is -2.36. The summed E-state index contributed by atoms with van der Waals surface area (Å²) in [6.07, 6.45) is -7.27. The Hall–Kier alpha value is -2.10. The molecule has 184 valence electrons. The van der Waals surface area contributed by atoms with Crippen LogP contribution in [0.5, 0.6) is 0 Å². The number of Topliss-reactive ketones (excluding diaryl/α,β-unsaturated/α-hetero) is 1. The maximum Gasteiger partial charge on any atom is 0.416 e. The first-order valence-electron chi connectivity index (χ1n) is 11.1. The Balaban J connectivity index is 1.56. The monoisotopic (exact) mass is 478 g/mol. The molecule has 3 rings (SSSR count). The number of rotatable bonds is 5. The largest absolute Gasteiger partial charge is 0.416 e. The van der Waals surface area contributed by atoms with Crippen LogP contribution in [0.15, 0.2) is 18.2 Å². The van der Waals surface area contributed by atoms with Crippen LogP contribution in [0.4, 0.5) is 26.3 Å². The zero-order chi connectivity index (χ0) is 24.4. The minimum atomic E-state index is -4.94. The number of ketones is 1. The smallest absolute Gasteiger partial charge is 0.342 e. The number of amides is 1. The molecule has 2 saturated heterocycles. The molecule has 0 saturated carbocycles. The molecular formula is C23H28F6N2O2. The van der Waals surface area contributed by atoms with Gasteiger partial charge in [-0.2, -0.15) is 26.3 Å². The molecule has 33 heavy (non-hydrogen) atoms. The average Bonchev–Trinajstić information content (AvgIpc) is 2.72. The lowest BCUT2D eigenvalue weighted by atomic mass is 9.88. The first kappa shape index (κ1) is 25.5. The number of hydrogen-bond acceptors (Lipinski definition) is 3. The van der Waals surface area contributed by atoms with Crippen molar-refractivity contribution >= 4 is 11.7 Å². The van der Waals surface area contributed by atoms with Gasteiger partial charge in [0.2, 0.25) is 5.91 Å². The number of alkyl halides is 6. The lowest BCUT2D eigenvalue weighted by molar-refractivity contribution is -0.143. The number of piperidine rings is 2. The van der Waals surface area contributed by atoms with Gasteiger partial charge in [-0.3, -0.25) is 9.59 Å². The first-order valence-corrected chi connectivity index (χ1v) is 11.1. The van der Waals surface area contributed by atoms with Crippen molar-refractivity contribution in [2.75, 3.05) is 33.2 Å². The van der Waals surface area contributed by atoms with Gasteiger partial charge in [-0.1, -0.05) is 0 Å². The van der Waals surface area contributed by atoms with Crippen molar-refractivity contribution in [3.63, 3.8) is 0 Å². The summed E-state index contributed by atoms with van der Waals surface area (Å²) in [6.45, 7) is 2.73. The topological polar surface area (TPSA) is 40.6 Å². The Morgan fingerprint density at radius 2 is 1.48 bits per heavy atom. The second kappa shape index (κ2) is 10.0. The molecule has 1 atom stereocenters. The van der Waals surface area contributed by atoms with Gasteiger partial charge in [-0.05, 0) is 69.0 Å². The third-order valence-electron chi connectivity index (χ3n) is 6.47. The van der Waals surface area contributed by atoms with E-state index >= 15 is 0 Å². The van der Waals surface area contributed by atoms with Gasteiger partial charge in [-0.15, -0.1) is 0 Å². The number of carbonyl (C=O) groups is 2. The van der Waals surface area contributed by atoms with Gasteiger partial charge in [0.25, 0.3) is 0 Å². The minimum absolute atomic E-state index is 0.0225. The summed E-state index contributed by atoms with van der Waals surface area (Å²) in [4.78, 5) is 29.1. The molecule has 0 bridgehead atoms. The number of hydrogen-bond donors (Lipinski definition) is 0. The molecule has 1 unspecified atom stereocenters. The molecule has 0 radical (unpaired) electrons. The summed E-state index contributed by atoms with van der Waals surface area (Å²) in [5, 5.41) is 0. The summed E-state index contributed by atoms with van der Waals surface area (Å²) in [5.74, 6) is -0.342. The summed E-state index contributed by atoms with van der Waals surface area (Å²) >= 11 is 0. The zero-order valence-electron chi connectivity index (χ0n) is 18.4. The molecular weight excluding hydrogens is 450 g/mol. The van der Waals surface area contributed by atoms with Crippen LogP contribution in [0, 0.1) is 11.8 Å². The van der Waals surface area contributed by atoms with Crippen molar-refractivity contribution in [2.45, 2.75) is 50.9 Å². The van der Waals surface area contributed by atoms with Gasteiger partial charge >= 0.3 is 12.4 Å². The number of carbonyl (C=O) groups excluding carboxylic acids is 2. The van der Waals surface area contributed by atoms with Crippen molar-refractivity contribution < 1.29 is 35.9 Å². The first-order chi connectivity index (χ1) is 15.3. The van der Waals surface area contributed by atoms with E-state index in [1.807, 2.05) is 11.9 Å². The Morgan fingerprint density at radius 3 is 2.00 bits per heavy atom. The van der Waals surface area contributed by atoms with E-state index in [0.717, 1.165) is 25.9 Å². The van der Waals surface area contributed by atoms with Gasteiger partial charge in [0.1, 0.15) is 5.78 Å². The van der Waals surface area contributed by atoms with Crippen LogP contribution >= 0.6 is 0 Å². The Bertz CT molecular complexity index is 827. The highest BCUT2D eigenvalue weighted by Crippen LogP contribution is 2.36. The van der Waals surface area contributed by atoms with E-state index in [4.69, 9.17) is 0 Å². The summed E-state index contributed by atoms with van der Waals surface area (Å²) in [6, 6.07) is 1.27. The third-order valence-corrected chi connectivity index (χ3v) is 6.47. The van der Waals surface area contributed by atoms with Gasteiger partial charge < -0.3 is 9.80 Å². The fourth-order valence-electron chi connectivity index (χ4n) is 4.73. The van der Waals surface area contributed by atoms with Crippen molar-refractivity contribution in [3.05, 3.63) is 34.9 Å². The zero-order valence-corrected chi connectivity index (χ0v) is 18.4. The molecule has 2 aliphatic rings. The van der Waals surface area contributed by atoms with Crippen LogP contribution in [0.25, 0.3) is 0 Å². The maximum atomic E-state index is 13.0. The van der Waals surface area contributed by atoms with E-state index in [0.29, 0.717) is 38.1 Å². The summed E-state index contributed by atoms with van der Waals surface area (Å²) in [7, 11) is 1.99. The van der Waals surface area contributed by atoms with E-state index in [1.54, 1.807) is 0 Å². The number of likely N-dealkylation sites (tertiary alicyclic amines) is 2. The Kier molecular flexibility index (Phi) is 7.76. The predicted molar refractivity (Wildman–Crippen MR) is 109 cm³/mol. The molecule has 1 aromatic rings. The highest BCUT2D eigenvalue weighted by Gasteiger charge is 2.37. The van der Waals surface area contributed by atoms with Crippen molar-refractivity contribution in [1.82, 2.24) is 9.80 Å². The number of halogens is 6. The SMILES string of the molecule is CN1CCCC(C(=O)N2CCC(CC(=O)Cc3cc(C(F)(F)F)cc(C(F)(F)F)c3)CC2)C1. The fourth-order valence-corrected chi connectivity index (χ4v) is 4.73. The molecule has 1 amide bonds. The van der Waals surface area contributed by atoms with Crippen molar-refractivity contribution in [2.24, 2.45) is 11.8 Å². The molecule has 1 aromatic carbocycles. The molecule has 0 aromatic heterocycles. The van der Waals surface area contributed by atoms with Crippen LogP contribution in [0.1, 0.15) is 48.8 Å². The molecule has 2 aliphatic heterocycles. The standard InChI is InChI=1S/C23H28F6N2O2/c1-30-6-2-3-17(14-30)21(33)31-7-4-15(5-8-31)11-20(32)12-16-9-18(22(24,25)26)13-19(10-16)23(27,28)29/h9-10,13,15,17H,2-8,11-12,14H2,1H3. The van der Waals surface area contributed by atoms with Crippen LogP contribution in [0.2, 0.25) is 0 Å². The van der Waals surface area contributed by atoms with E-state index in [2.05, 4.69) is 4.90 Å². The summed E-state index contributed by atoms with van der Waals surface area (Å²) in [5.41, 5.74) is -3.13. The van der Waals surface area contributed by atoms with Crippen molar-refractivity contribution in [1.29, 1.82) is 0 Å². The third kappa shape index (κ3) is 6.94. The lowest BCUT2D eigenvalue weighted by Crippen LogP contribution is -2.46. The minimum Gasteiger partial charge on any atom is -0.342 e. The van der Waals surface area contributed by atoms with Crippen LogP contribution < -0.4 is 0 Å². The molecule has 0 aliphatic carbocycles. The molecule has 10 heteroatoms. The molecule has 0 N–H and O–H groups in total. The summed E-state index contributed by atoms with van der Waals surface area (Å²) < 4.78 is 78.1. The van der Waals surface area contributed by atoms with Crippen LogP contribution in [0.3, 0.4) is 0 Å². The van der Waals surface area contributed by atoms with E-state index in [9.17, 15) is 35.9 Å². The maximum absolute atomic E-state index is 13.0. The number of benzene rings is 1. The Morgan fingerprint density at radius 1 is 0.909 bits per heavy atom. The molecule has 2 fully saturated rings. The van der Waals surface area contributed by atoms with Crippen LogP contribution in [-0.4, -0.2) is 54.7 Å².